The molecule has 0 aliphatic carbocycles. The maximum absolute atomic E-state index is 13.2. The second-order valence-corrected chi connectivity index (χ2v) is 9.77. The van der Waals surface area contributed by atoms with Crippen LogP contribution in [0.4, 0.5) is 10.5 Å². The number of nitrogens with zero attached hydrogens (tertiary/aromatic N) is 2. The van der Waals surface area contributed by atoms with Crippen LogP contribution in [0.5, 0.6) is 0 Å². The minimum Gasteiger partial charge on any atom is -0.444 e. The Labute approximate surface area is 190 Å². The van der Waals surface area contributed by atoms with Gasteiger partial charge in [0.25, 0.3) is 0 Å². The molecule has 0 radical (unpaired) electrons. The first kappa shape index (κ1) is 22.3. The van der Waals surface area contributed by atoms with Crippen molar-refractivity contribution in [2.45, 2.75) is 52.3 Å². The molecule has 1 unspecified atom stereocenters. The molecule has 1 saturated heterocycles. The van der Waals surface area contributed by atoms with Gasteiger partial charge in [-0.2, -0.15) is 0 Å². The van der Waals surface area contributed by atoms with E-state index in [2.05, 4.69) is 29.6 Å². The predicted octanol–water partition coefficient (Wildman–Crippen LogP) is 4.57. The first-order valence-corrected chi connectivity index (χ1v) is 11.4. The molecule has 1 fully saturated rings. The fourth-order valence-corrected chi connectivity index (χ4v) is 4.48. The van der Waals surface area contributed by atoms with Crippen LogP contribution < -0.4 is 10.2 Å². The molecule has 2 heterocycles. The smallest absolute Gasteiger partial charge is 0.410 e. The molecule has 6 heteroatoms. The van der Waals surface area contributed by atoms with Crippen molar-refractivity contribution in [1.29, 1.82) is 0 Å². The minimum atomic E-state index is -0.542. The zero-order chi connectivity index (χ0) is 22.9. The number of rotatable bonds is 3. The lowest BCUT2D eigenvalue weighted by Gasteiger charge is -2.28. The van der Waals surface area contributed by atoms with Crippen molar-refractivity contribution in [3.8, 4) is 11.1 Å². The summed E-state index contributed by atoms with van der Waals surface area (Å²) in [6.45, 7) is 8.31. The topological polar surface area (TPSA) is 61.9 Å². The van der Waals surface area contributed by atoms with E-state index in [1.54, 1.807) is 9.80 Å². The lowest BCUT2D eigenvalue weighted by molar-refractivity contribution is -0.122. The molecule has 2 aliphatic heterocycles. The van der Waals surface area contributed by atoms with Gasteiger partial charge in [0.15, 0.2) is 0 Å². The molecular weight excluding hydrogens is 402 g/mol. The van der Waals surface area contributed by atoms with Gasteiger partial charge in [-0.25, -0.2) is 4.79 Å². The highest BCUT2D eigenvalue weighted by Gasteiger charge is 2.31. The lowest BCUT2D eigenvalue weighted by atomic mass is 9.94. The molecule has 0 spiro atoms. The molecule has 6 nitrogen and oxygen atoms in total. The second kappa shape index (κ2) is 8.94. The number of carbonyl (C=O) groups excluding carboxylic acids is 2. The highest BCUT2D eigenvalue weighted by molar-refractivity contribution is 5.96. The number of anilines is 1. The Kier molecular flexibility index (Phi) is 6.24. The fourth-order valence-electron chi connectivity index (χ4n) is 4.48. The average molecular weight is 436 g/mol. The van der Waals surface area contributed by atoms with E-state index in [1.165, 1.54) is 0 Å². The molecule has 2 aromatic carbocycles. The SMILES string of the molecule is CN(C(=O)C1CCCNC1)c1cc2c(c(-c3ccccc3)c1)CN(C(=O)OC(C)(C)C)C2. The van der Waals surface area contributed by atoms with Gasteiger partial charge >= 0.3 is 6.09 Å². The van der Waals surface area contributed by atoms with Crippen molar-refractivity contribution in [2.24, 2.45) is 5.92 Å². The van der Waals surface area contributed by atoms with E-state index < -0.39 is 5.60 Å². The normalized spacial score (nSPS) is 18.2. The van der Waals surface area contributed by atoms with Gasteiger partial charge < -0.3 is 15.0 Å². The third kappa shape index (κ3) is 4.80. The van der Waals surface area contributed by atoms with E-state index in [0.29, 0.717) is 13.1 Å². The van der Waals surface area contributed by atoms with Crippen LogP contribution in [0.2, 0.25) is 0 Å². The van der Waals surface area contributed by atoms with Crippen molar-refractivity contribution in [1.82, 2.24) is 10.2 Å². The van der Waals surface area contributed by atoms with Crippen LogP contribution >= 0.6 is 0 Å². The monoisotopic (exact) mass is 435 g/mol. The number of benzene rings is 2. The number of piperidine rings is 1. The maximum atomic E-state index is 13.2. The maximum Gasteiger partial charge on any atom is 0.410 e. The summed E-state index contributed by atoms with van der Waals surface area (Å²) in [6.07, 6.45) is 1.63. The first-order chi connectivity index (χ1) is 15.2. The fraction of sp³-hybridized carbons (Fsp3) is 0.462. The number of hydrogen-bond acceptors (Lipinski definition) is 4. The lowest BCUT2D eigenvalue weighted by Crippen LogP contribution is -2.41. The zero-order valence-corrected chi connectivity index (χ0v) is 19.5. The van der Waals surface area contributed by atoms with E-state index >= 15 is 0 Å². The Balaban J connectivity index is 1.67. The van der Waals surface area contributed by atoms with Crippen molar-refractivity contribution >= 4 is 17.7 Å². The number of amides is 2. The Morgan fingerprint density at radius 2 is 1.88 bits per heavy atom. The van der Waals surface area contributed by atoms with Crippen LogP contribution in [0.3, 0.4) is 0 Å². The van der Waals surface area contributed by atoms with Crippen LogP contribution in [0.25, 0.3) is 11.1 Å². The van der Waals surface area contributed by atoms with E-state index in [0.717, 1.165) is 53.9 Å². The van der Waals surface area contributed by atoms with Crippen LogP contribution in [0, 0.1) is 5.92 Å². The van der Waals surface area contributed by atoms with E-state index in [9.17, 15) is 9.59 Å². The molecular formula is C26H33N3O3. The molecule has 2 aliphatic rings. The summed E-state index contributed by atoms with van der Waals surface area (Å²) in [7, 11) is 1.86. The number of nitrogens with one attached hydrogen (secondary N) is 1. The first-order valence-electron chi connectivity index (χ1n) is 11.4. The van der Waals surface area contributed by atoms with Gasteiger partial charge in [0, 0.05) is 25.8 Å². The largest absolute Gasteiger partial charge is 0.444 e. The van der Waals surface area contributed by atoms with Crippen molar-refractivity contribution in [3.05, 3.63) is 53.6 Å². The summed E-state index contributed by atoms with van der Waals surface area (Å²) in [4.78, 5) is 29.4. The van der Waals surface area contributed by atoms with E-state index in [4.69, 9.17) is 4.74 Å². The third-order valence-corrected chi connectivity index (χ3v) is 6.14. The van der Waals surface area contributed by atoms with Crippen LogP contribution in [0.15, 0.2) is 42.5 Å². The standard InChI is InChI=1S/C26H33N3O3/c1-26(2,3)32-25(31)29-16-20-13-21(28(4)24(30)19-11-8-12-27-15-19)14-22(23(20)17-29)18-9-6-5-7-10-18/h5-7,9-10,13-14,19,27H,8,11-12,15-17H2,1-4H3. The number of hydrogen-bond donors (Lipinski definition) is 1. The van der Waals surface area contributed by atoms with Crippen LogP contribution in [-0.4, -0.2) is 42.6 Å². The summed E-state index contributed by atoms with van der Waals surface area (Å²) in [5.74, 6) is 0.138. The van der Waals surface area contributed by atoms with Gasteiger partial charge in [-0.1, -0.05) is 30.3 Å². The summed E-state index contributed by atoms with van der Waals surface area (Å²) >= 11 is 0. The van der Waals surface area contributed by atoms with Crippen LogP contribution in [0.1, 0.15) is 44.7 Å². The highest BCUT2D eigenvalue weighted by atomic mass is 16.6. The van der Waals surface area contributed by atoms with Gasteiger partial charge in [-0.05, 0) is 74.5 Å². The molecule has 4 rings (SSSR count). The van der Waals surface area contributed by atoms with Crippen molar-refractivity contribution in [2.75, 3.05) is 25.0 Å². The third-order valence-electron chi connectivity index (χ3n) is 6.14. The molecule has 0 bridgehead atoms. The highest BCUT2D eigenvalue weighted by Crippen LogP contribution is 2.37. The summed E-state index contributed by atoms with van der Waals surface area (Å²) in [6, 6.07) is 14.3. The summed E-state index contributed by atoms with van der Waals surface area (Å²) in [5, 5.41) is 3.33. The molecule has 170 valence electrons. The summed E-state index contributed by atoms with van der Waals surface area (Å²) < 4.78 is 5.61. The number of ether oxygens (including phenoxy) is 1. The molecule has 0 aromatic heterocycles. The molecule has 32 heavy (non-hydrogen) atoms. The quantitative estimate of drug-likeness (QED) is 0.767. The van der Waals surface area contributed by atoms with Crippen LogP contribution in [-0.2, 0) is 22.6 Å². The second-order valence-electron chi connectivity index (χ2n) is 9.77. The molecule has 2 amide bonds. The van der Waals surface area contributed by atoms with Gasteiger partial charge in [0.05, 0.1) is 12.5 Å². The Hall–Kier alpha value is -2.86. The Morgan fingerprint density at radius 1 is 1.12 bits per heavy atom. The van der Waals surface area contributed by atoms with E-state index in [-0.39, 0.29) is 17.9 Å². The van der Waals surface area contributed by atoms with E-state index in [1.807, 2.05) is 46.0 Å². The van der Waals surface area contributed by atoms with Gasteiger partial charge in [-0.15, -0.1) is 0 Å². The molecule has 2 aromatic rings. The number of carbonyl (C=O) groups is 2. The van der Waals surface area contributed by atoms with Crippen molar-refractivity contribution < 1.29 is 14.3 Å². The zero-order valence-electron chi connectivity index (χ0n) is 19.5. The molecule has 1 N–H and O–H groups in total. The molecule has 1 atom stereocenters. The van der Waals surface area contributed by atoms with Gasteiger partial charge in [0.2, 0.25) is 5.91 Å². The summed E-state index contributed by atoms with van der Waals surface area (Å²) in [5.41, 5.74) is 4.64. The van der Waals surface area contributed by atoms with Gasteiger partial charge in [-0.3, -0.25) is 9.69 Å². The minimum absolute atomic E-state index is 0.000409. The predicted molar refractivity (Wildman–Crippen MR) is 126 cm³/mol. The number of fused-ring (bicyclic) bond motifs is 1. The Morgan fingerprint density at radius 3 is 2.53 bits per heavy atom. The average Bonchev–Trinajstić information content (AvgIpc) is 3.22. The molecule has 0 saturated carbocycles. The van der Waals surface area contributed by atoms with Gasteiger partial charge in [0.1, 0.15) is 5.60 Å². The van der Waals surface area contributed by atoms with Crippen molar-refractivity contribution in [3.63, 3.8) is 0 Å². The Bertz CT molecular complexity index is 991.